The van der Waals surface area contributed by atoms with Crippen molar-refractivity contribution in [3.8, 4) is 11.3 Å². The van der Waals surface area contributed by atoms with Crippen LogP contribution in [-0.2, 0) is 0 Å². The zero-order valence-electron chi connectivity index (χ0n) is 11.8. The predicted octanol–water partition coefficient (Wildman–Crippen LogP) is 4.33. The number of rotatable bonds is 4. The van der Waals surface area contributed by atoms with Crippen LogP contribution in [0.4, 0.5) is 11.8 Å². The highest BCUT2D eigenvalue weighted by Gasteiger charge is 2.19. The molecule has 2 heterocycles. The minimum atomic E-state index is 0.558. The Hall–Kier alpha value is -2.11. The zero-order valence-corrected chi connectivity index (χ0v) is 13.3. The van der Waals surface area contributed by atoms with Gasteiger partial charge < -0.3 is 4.98 Å². The average molecular weight is 334 g/mol. The van der Waals surface area contributed by atoms with E-state index in [4.69, 9.17) is 23.2 Å². The van der Waals surface area contributed by atoms with Crippen LogP contribution in [0.1, 0.15) is 6.92 Å². The average Bonchev–Trinajstić information content (AvgIpc) is 2.98. The molecule has 0 atom stereocenters. The van der Waals surface area contributed by atoms with E-state index in [1.165, 1.54) is 0 Å². The van der Waals surface area contributed by atoms with Crippen LogP contribution in [0.5, 0.6) is 0 Å². The van der Waals surface area contributed by atoms with E-state index >= 15 is 0 Å². The molecule has 7 heteroatoms. The minimum Gasteiger partial charge on any atom is -0.343 e. The SMILES string of the molecule is CCN(c1ncccn1)c1nc[nH]c1-c1ccc(Cl)cc1Cl. The van der Waals surface area contributed by atoms with Crippen LogP contribution in [-0.4, -0.2) is 26.5 Å². The molecule has 0 saturated heterocycles. The number of imidazole rings is 1. The summed E-state index contributed by atoms with van der Waals surface area (Å²) in [6.07, 6.45) is 5.03. The van der Waals surface area contributed by atoms with Gasteiger partial charge in [0.2, 0.25) is 5.95 Å². The monoisotopic (exact) mass is 333 g/mol. The normalized spacial score (nSPS) is 10.7. The lowest BCUT2D eigenvalue weighted by molar-refractivity contribution is 0.931. The third-order valence-electron chi connectivity index (χ3n) is 3.19. The van der Waals surface area contributed by atoms with Crippen molar-refractivity contribution in [1.29, 1.82) is 0 Å². The molecule has 0 aliphatic rings. The van der Waals surface area contributed by atoms with Crippen LogP contribution in [0.15, 0.2) is 43.0 Å². The summed E-state index contributed by atoms with van der Waals surface area (Å²) in [5.41, 5.74) is 1.63. The maximum Gasteiger partial charge on any atom is 0.231 e. The maximum absolute atomic E-state index is 6.30. The van der Waals surface area contributed by atoms with Crippen molar-refractivity contribution in [2.24, 2.45) is 0 Å². The molecule has 0 unspecified atom stereocenters. The summed E-state index contributed by atoms with van der Waals surface area (Å²) in [5.74, 6) is 1.31. The molecule has 2 aromatic heterocycles. The Balaban J connectivity index is 2.08. The molecule has 5 nitrogen and oxygen atoms in total. The van der Waals surface area contributed by atoms with Gasteiger partial charge in [-0.15, -0.1) is 0 Å². The van der Waals surface area contributed by atoms with E-state index in [2.05, 4.69) is 19.9 Å². The largest absolute Gasteiger partial charge is 0.343 e. The van der Waals surface area contributed by atoms with E-state index in [9.17, 15) is 0 Å². The van der Waals surface area contributed by atoms with Gasteiger partial charge in [-0.1, -0.05) is 23.2 Å². The molecule has 0 fully saturated rings. The number of aromatic nitrogens is 4. The van der Waals surface area contributed by atoms with Crippen molar-refractivity contribution in [1.82, 2.24) is 19.9 Å². The summed E-state index contributed by atoms with van der Waals surface area (Å²) in [6.45, 7) is 2.69. The third kappa shape index (κ3) is 2.77. The number of nitrogens with one attached hydrogen (secondary N) is 1. The van der Waals surface area contributed by atoms with Gasteiger partial charge in [0.15, 0.2) is 5.82 Å². The van der Waals surface area contributed by atoms with Gasteiger partial charge in [0.05, 0.1) is 17.0 Å². The first-order valence-electron chi connectivity index (χ1n) is 6.74. The van der Waals surface area contributed by atoms with Gasteiger partial charge in [0.1, 0.15) is 0 Å². The van der Waals surface area contributed by atoms with Crippen LogP contribution in [0.3, 0.4) is 0 Å². The molecular formula is C15H13Cl2N5. The van der Waals surface area contributed by atoms with Crippen molar-refractivity contribution in [3.05, 3.63) is 53.0 Å². The molecule has 0 aliphatic carbocycles. The molecule has 0 radical (unpaired) electrons. The van der Waals surface area contributed by atoms with Gasteiger partial charge in [-0.05, 0) is 31.2 Å². The van der Waals surface area contributed by atoms with Crippen molar-refractivity contribution < 1.29 is 0 Å². The van der Waals surface area contributed by atoms with Crippen LogP contribution < -0.4 is 4.90 Å². The Morgan fingerprint density at radius 1 is 1.14 bits per heavy atom. The number of H-pyrrole nitrogens is 1. The van der Waals surface area contributed by atoms with E-state index in [0.717, 1.165) is 17.1 Å². The van der Waals surface area contributed by atoms with Crippen molar-refractivity contribution in [2.45, 2.75) is 6.92 Å². The lowest BCUT2D eigenvalue weighted by Crippen LogP contribution is -2.19. The number of benzene rings is 1. The smallest absolute Gasteiger partial charge is 0.231 e. The van der Waals surface area contributed by atoms with Gasteiger partial charge in [0, 0.05) is 29.5 Å². The lowest BCUT2D eigenvalue weighted by atomic mass is 10.1. The molecule has 3 rings (SSSR count). The Bertz CT molecular complexity index is 773. The van der Waals surface area contributed by atoms with E-state index in [-0.39, 0.29) is 0 Å². The van der Waals surface area contributed by atoms with Gasteiger partial charge in [-0.2, -0.15) is 0 Å². The number of hydrogen-bond acceptors (Lipinski definition) is 4. The Morgan fingerprint density at radius 3 is 2.59 bits per heavy atom. The van der Waals surface area contributed by atoms with Crippen LogP contribution in [0.2, 0.25) is 10.0 Å². The molecule has 1 aromatic carbocycles. The van der Waals surface area contributed by atoms with Crippen LogP contribution in [0, 0.1) is 0 Å². The highest BCUT2D eigenvalue weighted by atomic mass is 35.5. The number of nitrogens with zero attached hydrogens (tertiary/aromatic N) is 4. The topological polar surface area (TPSA) is 57.7 Å². The number of halogens is 2. The molecule has 0 aliphatic heterocycles. The molecule has 112 valence electrons. The first kappa shape index (κ1) is 14.8. The van der Waals surface area contributed by atoms with Crippen LogP contribution >= 0.6 is 23.2 Å². The molecule has 0 saturated carbocycles. The van der Waals surface area contributed by atoms with E-state index < -0.39 is 0 Å². The molecule has 0 amide bonds. The fourth-order valence-electron chi connectivity index (χ4n) is 2.20. The second-order valence-electron chi connectivity index (χ2n) is 4.52. The van der Waals surface area contributed by atoms with Crippen LogP contribution in [0.25, 0.3) is 11.3 Å². The molecule has 0 spiro atoms. The maximum atomic E-state index is 6.30. The van der Waals surface area contributed by atoms with E-state index in [1.807, 2.05) is 17.9 Å². The van der Waals surface area contributed by atoms with Gasteiger partial charge >= 0.3 is 0 Å². The minimum absolute atomic E-state index is 0.558. The summed E-state index contributed by atoms with van der Waals surface area (Å²) in [5, 5.41) is 1.15. The van der Waals surface area contributed by atoms with Gasteiger partial charge in [0.25, 0.3) is 0 Å². The summed E-state index contributed by atoms with van der Waals surface area (Å²) >= 11 is 12.3. The highest BCUT2D eigenvalue weighted by Crippen LogP contribution is 2.35. The first-order chi connectivity index (χ1) is 10.7. The molecule has 22 heavy (non-hydrogen) atoms. The van der Waals surface area contributed by atoms with Crippen molar-refractivity contribution in [3.63, 3.8) is 0 Å². The Morgan fingerprint density at radius 2 is 1.91 bits per heavy atom. The summed E-state index contributed by atoms with van der Waals surface area (Å²) in [7, 11) is 0. The molecule has 0 bridgehead atoms. The molecule has 1 N–H and O–H groups in total. The van der Waals surface area contributed by atoms with E-state index in [1.54, 1.807) is 36.9 Å². The Kier molecular flexibility index (Phi) is 4.27. The fraction of sp³-hybridized carbons (Fsp3) is 0.133. The Labute approximate surface area is 138 Å². The predicted molar refractivity (Wildman–Crippen MR) is 88.8 cm³/mol. The third-order valence-corrected chi connectivity index (χ3v) is 3.73. The standard InChI is InChI=1S/C15H13Cl2N5/c1-2-22(15-18-6-3-7-19-15)14-13(20-9-21-14)11-5-4-10(16)8-12(11)17/h3-9H,2H2,1H3,(H,20,21). The fourth-order valence-corrected chi connectivity index (χ4v) is 2.70. The summed E-state index contributed by atoms with van der Waals surface area (Å²) in [4.78, 5) is 18.0. The van der Waals surface area contributed by atoms with E-state index in [0.29, 0.717) is 22.5 Å². The molecular weight excluding hydrogens is 321 g/mol. The summed E-state index contributed by atoms with van der Waals surface area (Å²) in [6, 6.07) is 7.14. The van der Waals surface area contributed by atoms with Crippen molar-refractivity contribution in [2.75, 3.05) is 11.4 Å². The number of anilines is 2. The second-order valence-corrected chi connectivity index (χ2v) is 5.36. The number of aromatic amines is 1. The number of hydrogen-bond donors (Lipinski definition) is 1. The highest BCUT2D eigenvalue weighted by molar-refractivity contribution is 6.36. The van der Waals surface area contributed by atoms with Gasteiger partial charge in [-0.3, -0.25) is 4.90 Å². The van der Waals surface area contributed by atoms with Crippen molar-refractivity contribution >= 4 is 35.0 Å². The second kappa shape index (κ2) is 6.34. The first-order valence-corrected chi connectivity index (χ1v) is 7.49. The zero-order chi connectivity index (χ0) is 15.5. The summed E-state index contributed by atoms with van der Waals surface area (Å²) < 4.78 is 0. The van der Waals surface area contributed by atoms with Gasteiger partial charge in [-0.25, -0.2) is 15.0 Å². The quantitative estimate of drug-likeness (QED) is 0.771. The molecule has 3 aromatic rings. The lowest BCUT2D eigenvalue weighted by Gasteiger charge is -2.19.